The fourth-order valence-electron chi connectivity index (χ4n) is 0.835. The molecule has 0 aromatic carbocycles. The third-order valence-electron chi connectivity index (χ3n) is 1.46. The molecule has 7 heteroatoms. The average Bonchev–Trinajstić information content (AvgIpc) is 2.52. The molecule has 0 saturated carbocycles. The second kappa shape index (κ2) is 4.49. The minimum atomic E-state index is -4.44. The van der Waals surface area contributed by atoms with Crippen LogP contribution in [0, 0.1) is 12.3 Å². The molecule has 3 nitrogen and oxygen atoms in total. The summed E-state index contributed by atoms with van der Waals surface area (Å²) in [6, 6.07) is -0.121. The molecule has 0 fully saturated rings. The van der Waals surface area contributed by atoms with Gasteiger partial charge in [-0.05, 0) is 6.92 Å². The Hall–Kier alpha value is -1.29. The van der Waals surface area contributed by atoms with E-state index in [1.165, 1.54) is 0 Å². The largest absolute Gasteiger partial charge is 0.445 e. The minimum Gasteiger partial charge on any atom is -0.357 e. The molecule has 1 unspecified atom stereocenters. The number of alkyl halides is 3. The second-order valence-corrected chi connectivity index (χ2v) is 3.84. The number of terminal acetylenes is 1. The maximum Gasteiger partial charge on any atom is 0.445 e. The van der Waals surface area contributed by atoms with E-state index >= 15 is 0 Å². The highest BCUT2D eigenvalue weighted by Gasteiger charge is 2.35. The standard InChI is InChI=1S/C8H8F3N3S/c1-3-4-5(2)12-7-14-13-6(15-7)8(9,10)11/h1,5H,4H2,2H3,(H,12,14). The Morgan fingerprint density at radius 1 is 1.53 bits per heavy atom. The van der Waals surface area contributed by atoms with Gasteiger partial charge in [-0.15, -0.1) is 22.5 Å². The normalized spacial score (nSPS) is 13.3. The molecule has 0 aliphatic carbocycles. The van der Waals surface area contributed by atoms with Crippen molar-refractivity contribution in [3.05, 3.63) is 5.01 Å². The number of hydrogen-bond acceptors (Lipinski definition) is 4. The van der Waals surface area contributed by atoms with Gasteiger partial charge < -0.3 is 5.32 Å². The second-order valence-electron chi connectivity index (χ2n) is 2.86. The Labute approximate surface area is 88.7 Å². The van der Waals surface area contributed by atoms with Crippen molar-refractivity contribution in [1.29, 1.82) is 0 Å². The van der Waals surface area contributed by atoms with Crippen molar-refractivity contribution in [1.82, 2.24) is 10.2 Å². The highest BCUT2D eigenvalue weighted by Crippen LogP contribution is 2.33. The van der Waals surface area contributed by atoms with Crippen LogP contribution in [0.1, 0.15) is 18.4 Å². The molecular weight excluding hydrogens is 227 g/mol. The summed E-state index contributed by atoms with van der Waals surface area (Å²) >= 11 is 0.467. The van der Waals surface area contributed by atoms with Crippen molar-refractivity contribution in [3.8, 4) is 12.3 Å². The van der Waals surface area contributed by atoms with E-state index in [0.717, 1.165) is 0 Å². The quantitative estimate of drug-likeness (QED) is 0.817. The summed E-state index contributed by atoms with van der Waals surface area (Å²) in [6.07, 6.45) is 1.03. The summed E-state index contributed by atoms with van der Waals surface area (Å²) in [7, 11) is 0. The number of nitrogens with one attached hydrogen (secondary N) is 1. The molecule has 15 heavy (non-hydrogen) atoms. The summed E-state index contributed by atoms with van der Waals surface area (Å²) < 4.78 is 36.4. The van der Waals surface area contributed by atoms with E-state index in [1.54, 1.807) is 6.92 Å². The number of rotatable bonds is 3. The van der Waals surface area contributed by atoms with Crippen LogP contribution in [0.4, 0.5) is 18.3 Å². The lowest BCUT2D eigenvalue weighted by Gasteiger charge is -2.07. The van der Waals surface area contributed by atoms with Crippen LogP contribution in [0.2, 0.25) is 0 Å². The van der Waals surface area contributed by atoms with Crippen LogP contribution in [0.15, 0.2) is 0 Å². The fraction of sp³-hybridized carbons (Fsp3) is 0.500. The van der Waals surface area contributed by atoms with E-state index in [9.17, 15) is 13.2 Å². The van der Waals surface area contributed by atoms with Gasteiger partial charge in [0.1, 0.15) is 0 Å². The summed E-state index contributed by atoms with van der Waals surface area (Å²) in [6.45, 7) is 1.76. The highest BCUT2D eigenvalue weighted by molar-refractivity contribution is 7.15. The average molecular weight is 235 g/mol. The van der Waals surface area contributed by atoms with Gasteiger partial charge in [0.15, 0.2) is 0 Å². The van der Waals surface area contributed by atoms with Crippen molar-refractivity contribution in [2.45, 2.75) is 25.6 Å². The molecule has 0 bridgehead atoms. The molecule has 0 aliphatic heterocycles. The van der Waals surface area contributed by atoms with E-state index < -0.39 is 11.2 Å². The predicted molar refractivity (Wildman–Crippen MR) is 51.4 cm³/mol. The van der Waals surface area contributed by atoms with Crippen molar-refractivity contribution in [2.24, 2.45) is 0 Å². The fourth-order valence-corrected chi connectivity index (χ4v) is 1.56. The molecular formula is C8H8F3N3S. The highest BCUT2D eigenvalue weighted by atomic mass is 32.1. The number of aromatic nitrogens is 2. The maximum atomic E-state index is 12.1. The predicted octanol–water partition coefficient (Wildman–Crippen LogP) is 2.38. The van der Waals surface area contributed by atoms with E-state index in [0.29, 0.717) is 17.8 Å². The molecule has 1 heterocycles. The first-order chi connectivity index (χ1) is 6.93. The molecule has 0 saturated heterocycles. The molecule has 1 rings (SSSR count). The first-order valence-corrected chi connectivity index (χ1v) is 4.86. The molecule has 0 radical (unpaired) electrons. The van der Waals surface area contributed by atoms with Crippen molar-refractivity contribution < 1.29 is 13.2 Å². The lowest BCUT2D eigenvalue weighted by atomic mass is 10.2. The molecule has 1 aromatic heterocycles. The van der Waals surface area contributed by atoms with Crippen LogP contribution in [-0.4, -0.2) is 16.2 Å². The third kappa shape index (κ3) is 3.40. The van der Waals surface area contributed by atoms with Gasteiger partial charge in [0.2, 0.25) is 10.1 Å². The Morgan fingerprint density at radius 3 is 2.67 bits per heavy atom. The number of anilines is 1. The zero-order chi connectivity index (χ0) is 11.5. The van der Waals surface area contributed by atoms with Gasteiger partial charge in [0.25, 0.3) is 0 Å². The molecule has 1 aromatic rings. The van der Waals surface area contributed by atoms with E-state index in [2.05, 4.69) is 21.4 Å². The molecule has 1 atom stereocenters. The van der Waals surface area contributed by atoms with Crippen LogP contribution in [0.5, 0.6) is 0 Å². The molecule has 82 valence electrons. The maximum absolute atomic E-state index is 12.1. The van der Waals surface area contributed by atoms with Crippen LogP contribution in [-0.2, 0) is 6.18 Å². The van der Waals surface area contributed by atoms with Crippen LogP contribution < -0.4 is 5.32 Å². The van der Waals surface area contributed by atoms with Gasteiger partial charge in [-0.1, -0.05) is 11.3 Å². The Bertz CT molecular complexity index is 366. The van der Waals surface area contributed by atoms with Gasteiger partial charge in [0.05, 0.1) is 0 Å². The number of hydrogen-bond donors (Lipinski definition) is 1. The molecule has 0 aliphatic rings. The molecule has 1 N–H and O–H groups in total. The molecule has 0 amide bonds. The first-order valence-electron chi connectivity index (χ1n) is 4.04. The van der Waals surface area contributed by atoms with Crippen molar-refractivity contribution >= 4 is 16.5 Å². The van der Waals surface area contributed by atoms with Gasteiger partial charge in [-0.3, -0.25) is 0 Å². The van der Waals surface area contributed by atoms with E-state index in [-0.39, 0.29) is 11.2 Å². The van der Waals surface area contributed by atoms with E-state index in [4.69, 9.17) is 6.42 Å². The summed E-state index contributed by atoms with van der Waals surface area (Å²) in [4.78, 5) is 0. The van der Waals surface area contributed by atoms with E-state index in [1.807, 2.05) is 0 Å². The lowest BCUT2D eigenvalue weighted by Crippen LogP contribution is -2.13. The monoisotopic (exact) mass is 235 g/mol. The Morgan fingerprint density at radius 2 is 2.20 bits per heavy atom. The Balaban J connectivity index is 2.66. The van der Waals surface area contributed by atoms with Crippen LogP contribution >= 0.6 is 11.3 Å². The van der Waals surface area contributed by atoms with Gasteiger partial charge in [0, 0.05) is 12.5 Å². The number of halogens is 3. The summed E-state index contributed by atoms with van der Waals surface area (Å²) in [5.41, 5.74) is 0. The topological polar surface area (TPSA) is 37.8 Å². The smallest absolute Gasteiger partial charge is 0.357 e. The first kappa shape index (κ1) is 11.8. The van der Waals surface area contributed by atoms with Gasteiger partial charge in [-0.2, -0.15) is 13.2 Å². The molecule has 0 spiro atoms. The minimum absolute atomic E-state index is 0.121. The summed E-state index contributed by atoms with van der Waals surface area (Å²) in [5.74, 6) is 2.40. The lowest BCUT2D eigenvalue weighted by molar-refractivity contribution is -0.138. The number of nitrogens with zero attached hydrogens (tertiary/aromatic N) is 2. The zero-order valence-corrected chi connectivity index (χ0v) is 8.61. The Kier molecular flexibility index (Phi) is 3.52. The zero-order valence-electron chi connectivity index (χ0n) is 7.80. The van der Waals surface area contributed by atoms with Gasteiger partial charge in [-0.25, -0.2) is 0 Å². The van der Waals surface area contributed by atoms with Crippen molar-refractivity contribution in [3.63, 3.8) is 0 Å². The van der Waals surface area contributed by atoms with Gasteiger partial charge >= 0.3 is 6.18 Å². The van der Waals surface area contributed by atoms with Crippen molar-refractivity contribution in [2.75, 3.05) is 5.32 Å². The van der Waals surface area contributed by atoms with Crippen LogP contribution in [0.3, 0.4) is 0 Å². The third-order valence-corrected chi connectivity index (χ3v) is 2.36. The summed E-state index contributed by atoms with van der Waals surface area (Å²) in [5, 5.41) is 8.31. The SMILES string of the molecule is C#CCC(C)Nc1nnc(C(F)(F)F)s1. The van der Waals surface area contributed by atoms with Crippen LogP contribution in [0.25, 0.3) is 0 Å².